The van der Waals surface area contributed by atoms with Gasteiger partial charge in [-0.15, -0.1) is 0 Å². The first-order chi connectivity index (χ1) is 8.80. The maximum absolute atomic E-state index is 9.15. The Hall–Kier alpha value is -1.89. The molecule has 7 heteroatoms. The van der Waals surface area contributed by atoms with E-state index in [1.807, 2.05) is 4.90 Å². The van der Waals surface area contributed by atoms with Crippen LogP contribution in [0.15, 0.2) is 6.20 Å². The van der Waals surface area contributed by atoms with Crippen molar-refractivity contribution in [2.24, 2.45) is 0 Å². The fraction of sp³-hybridized carbons (Fsp3) is 0.545. The molecule has 0 radical (unpaired) electrons. The standard InChI is InChI=1S/C11H18N6O/c1-3-4-17(5-6-18)10-8-7-13-16-9(8)14-11(12-2)15-10/h7,18H,3-6H2,1-2H3,(H2,12,13,14,15,16). The quantitative estimate of drug-likeness (QED) is 0.695. The maximum Gasteiger partial charge on any atom is 0.226 e. The molecule has 0 aromatic carbocycles. The molecule has 2 aromatic rings. The molecule has 98 valence electrons. The summed E-state index contributed by atoms with van der Waals surface area (Å²) in [5.41, 5.74) is 0.698. The van der Waals surface area contributed by atoms with E-state index < -0.39 is 0 Å². The molecule has 0 unspecified atom stereocenters. The van der Waals surface area contributed by atoms with Gasteiger partial charge in [-0.3, -0.25) is 5.10 Å². The van der Waals surface area contributed by atoms with Gasteiger partial charge in [0.2, 0.25) is 5.95 Å². The number of aliphatic hydroxyl groups excluding tert-OH is 1. The number of aromatic nitrogens is 4. The van der Waals surface area contributed by atoms with Crippen LogP contribution < -0.4 is 10.2 Å². The number of fused-ring (bicyclic) bond motifs is 1. The smallest absolute Gasteiger partial charge is 0.226 e. The lowest BCUT2D eigenvalue weighted by molar-refractivity contribution is 0.301. The molecule has 7 nitrogen and oxygen atoms in total. The van der Waals surface area contributed by atoms with E-state index in [1.54, 1.807) is 13.2 Å². The van der Waals surface area contributed by atoms with Crippen LogP contribution in [0.4, 0.5) is 11.8 Å². The van der Waals surface area contributed by atoms with E-state index in [-0.39, 0.29) is 6.61 Å². The van der Waals surface area contributed by atoms with Crippen LogP contribution in [0.1, 0.15) is 13.3 Å². The van der Waals surface area contributed by atoms with Crippen molar-refractivity contribution in [2.45, 2.75) is 13.3 Å². The summed E-state index contributed by atoms with van der Waals surface area (Å²) in [5, 5.41) is 19.8. The van der Waals surface area contributed by atoms with Crippen LogP contribution in [-0.2, 0) is 0 Å². The summed E-state index contributed by atoms with van der Waals surface area (Å²) in [4.78, 5) is 10.8. The van der Waals surface area contributed by atoms with Crippen LogP contribution in [0.3, 0.4) is 0 Å². The third-order valence-corrected chi connectivity index (χ3v) is 2.68. The SMILES string of the molecule is CCCN(CCO)c1nc(NC)nc2[nH]ncc12. The van der Waals surface area contributed by atoms with Gasteiger partial charge in [-0.2, -0.15) is 15.1 Å². The maximum atomic E-state index is 9.15. The van der Waals surface area contributed by atoms with Crippen molar-refractivity contribution in [2.75, 3.05) is 37.0 Å². The Kier molecular flexibility index (Phi) is 3.93. The highest BCUT2D eigenvalue weighted by atomic mass is 16.3. The number of aromatic amines is 1. The number of nitrogens with zero attached hydrogens (tertiary/aromatic N) is 4. The lowest BCUT2D eigenvalue weighted by Crippen LogP contribution is -2.28. The van der Waals surface area contributed by atoms with Gasteiger partial charge in [-0.05, 0) is 6.42 Å². The zero-order valence-corrected chi connectivity index (χ0v) is 10.6. The fourth-order valence-electron chi connectivity index (χ4n) is 1.89. The van der Waals surface area contributed by atoms with E-state index in [0.29, 0.717) is 18.1 Å². The molecular formula is C11H18N6O. The number of hydrogen-bond acceptors (Lipinski definition) is 6. The summed E-state index contributed by atoms with van der Waals surface area (Å²) in [6, 6.07) is 0. The molecule has 0 aliphatic carbocycles. The normalized spacial score (nSPS) is 10.8. The molecule has 0 atom stereocenters. The fourth-order valence-corrected chi connectivity index (χ4v) is 1.89. The molecule has 18 heavy (non-hydrogen) atoms. The predicted molar refractivity (Wildman–Crippen MR) is 70.8 cm³/mol. The molecule has 0 amide bonds. The monoisotopic (exact) mass is 250 g/mol. The number of nitrogens with one attached hydrogen (secondary N) is 2. The first-order valence-electron chi connectivity index (χ1n) is 6.04. The van der Waals surface area contributed by atoms with Gasteiger partial charge < -0.3 is 15.3 Å². The van der Waals surface area contributed by atoms with Gasteiger partial charge in [-0.1, -0.05) is 6.92 Å². The first kappa shape index (κ1) is 12.6. The van der Waals surface area contributed by atoms with E-state index in [2.05, 4.69) is 32.4 Å². The lowest BCUT2D eigenvalue weighted by Gasteiger charge is -2.22. The highest BCUT2D eigenvalue weighted by Crippen LogP contribution is 2.23. The number of aliphatic hydroxyl groups is 1. The second-order valence-electron chi connectivity index (χ2n) is 3.96. The van der Waals surface area contributed by atoms with Crippen LogP contribution in [0, 0.1) is 0 Å². The van der Waals surface area contributed by atoms with Crippen molar-refractivity contribution in [1.82, 2.24) is 20.2 Å². The van der Waals surface area contributed by atoms with Crippen molar-refractivity contribution >= 4 is 22.8 Å². The number of H-pyrrole nitrogens is 1. The Morgan fingerprint density at radius 1 is 1.39 bits per heavy atom. The molecule has 2 aromatic heterocycles. The van der Waals surface area contributed by atoms with Gasteiger partial charge in [-0.25, -0.2) is 0 Å². The molecule has 0 spiro atoms. The zero-order valence-electron chi connectivity index (χ0n) is 10.6. The molecule has 2 heterocycles. The third-order valence-electron chi connectivity index (χ3n) is 2.68. The molecule has 0 fully saturated rings. The lowest BCUT2D eigenvalue weighted by atomic mass is 10.3. The summed E-state index contributed by atoms with van der Waals surface area (Å²) in [5.74, 6) is 1.34. The Morgan fingerprint density at radius 2 is 2.22 bits per heavy atom. The van der Waals surface area contributed by atoms with Crippen LogP contribution in [0.25, 0.3) is 11.0 Å². The van der Waals surface area contributed by atoms with Gasteiger partial charge in [0.1, 0.15) is 5.82 Å². The van der Waals surface area contributed by atoms with E-state index in [1.165, 1.54) is 0 Å². The molecule has 0 aliphatic heterocycles. The van der Waals surface area contributed by atoms with Crippen molar-refractivity contribution in [3.63, 3.8) is 0 Å². The van der Waals surface area contributed by atoms with Crippen molar-refractivity contribution in [1.29, 1.82) is 0 Å². The van der Waals surface area contributed by atoms with Gasteiger partial charge in [0.05, 0.1) is 18.2 Å². The molecule has 0 bridgehead atoms. The van der Waals surface area contributed by atoms with E-state index in [0.717, 1.165) is 24.2 Å². The van der Waals surface area contributed by atoms with Crippen molar-refractivity contribution in [3.05, 3.63) is 6.20 Å². The molecule has 0 saturated carbocycles. The first-order valence-corrected chi connectivity index (χ1v) is 6.04. The van der Waals surface area contributed by atoms with Gasteiger partial charge in [0, 0.05) is 20.1 Å². The minimum atomic E-state index is 0.0955. The number of anilines is 2. The van der Waals surface area contributed by atoms with Crippen LogP contribution in [0.2, 0.25) is 0 Å². The highest BCUT2D eigenvalue weighted by molar-refractivity contribution is 5.87. The minimum Gasteiger partial charge on any atom is -0.395 e. The second kappa shape index (κ2) is 5.63. The second-order valence-corrected chi connectivity index (χ2v) is 3.96. The average molecular weight is 250 g/mol. The van der Waals surface area contributed by atoms with E-state index in [9.17, 15) is 0 Å². The topological polar surface area (TPSA) is 90.0 Å². The summed E-state index contributed by atoms with van der Waals surface area (Å²) in [6.45, 7) is 3.57. The number of hydrogen-bond donors (Lipinski definition) is 3. The van der Waals surface area contributed by atoms with Gasteiger partial charge in [0.25, 0.3) is 0 Å². The van der Waals surface area contributed by atoms with Gasteiger partial charge >= 0.3 is 0 Å². The highest BCUT2D eigenvalue weighted by Gasteiger charge is 2.14. The number of rotatable bonds is 6. The van der Waals surface area contributed by atoms with Crippen LogP contribution >= 0.6 is 0 Å². The summed E-state index contributed by atoms with van der Waals surface area (Å²) in [6.07, 6.45) is 2.70. The Morgan fingerprint density at radius 3 is 2.89 bits per heavy atom. The molecule has 2 rings (SSSR count). The summed E-state index contributed by atoms with van der Waals surface area (Å²) >= 11 is 0. The largest absolute Gasteiger partial charge is 0.395 e. The average Bonchev–Trinajstić information content (AvgIpc) is 2.85. The molecule has 3 N–H and O–H groups in total. The van der Waals surface area contributed by atoms with Crippen molar-refractivity contribution < 1.29 is 5.11 Å². The Bertz CT molecular complexity index is 505. The minimum absolute atomic E-state index is 0.0955. The summed E-state index contributed by atoms with van der Waals surface area (Å²) in [7, 11) is 1.78. The molecule has 0 aliphatic rings. The van der Waals surface area contributed by atoms with Crippen molar-refractivity contribution in [3.8, 4) is 0 Å². The zero-order chi connectivity index (χ0) is 13.0. The van der Waals surface area contributed by atoms with Gasteiger partial charge in [0.15, 0.2) is 5.65 Å². The van der Waals surface area contributed by atoms with E-state index in [4.69, 9.17) is 5.11 Å². The predicted octanol–water partition coefficient (Wildman–Crippen LogP) is 0.603. The van der Waals surface area contributed by atoms with Crippen LogP contribution in [0.5, 0.6) is 0 Å². The summed E-state index contributed by atoms with van der Waals surface area (Å²) < 4.78 is 0. The third kappa shape index (κ3) is 2.35. The molecule has 0 saturated heterocycles. The van der Waals surface area contributed by atoms with Crippen LogP contribution in [-0.4, -0.2) is 52.0 Å². The van der Waals surface area contributed by atoms with E-state index >= 15 is 0 Å². The Labute approximate surface area is 105 Å². The Balaban J connectivity index is 2.48. The molecular weight excluding hydrogens is 232 g/mol.